The number of rotatable bonds is 3. The van der Waals surface area contributed by atoms with Gasteiger partial charge >= 0.3 is 0 Å². The second-order valence-corrected chi connectivity index (χ2v) is 7.22. The Bertz CT molecular complexity index is 891. The average Bonchev–Trinajstić information content (AvgIpc) is 2.74. The van der Waals surface area contributed by atoms with Gasteiger partial charge in [-0.2, -0.15) is 0 Å². The van der Waals surface area contributed by atoms with E-state index in [1.165, 1.54) is 6.20 Å². The Morgan fingerprint density at radius 2 is 1.82 bits per heavy atom. The average molecular weight is 381 g/mol. The molecule has 2 amide bonds. The van der Waals surface area contributed by atoms with Crippen LogP contribution in [0, 0.1) is 5.92 Å². The molecule has 28 heavy (non-hydrogen) atoms. The fourth-order valence-electron chi connectivity index (χ4n) is 3.39. The van der Waals surface area contributed by atoms with E-state index in [0.717, 1.165) is 25.9 Å². The van der Waals surface area contributed by atoms with Crippen LogP contribution < -0.4 is 14.8 Å². The van der Waals surface area contributed by atoms with Crippen LogP contribution in [0.1, 0.15) is 40.6 Å². The number of carbonyl (C=O) groups excluding carboxylic acids is 2. The van der Waals surface area contributed by atoms with Crippen molar-refractivity contribution in [3.63, 3.8) is 0 Å². The number of aromatic nitrogens is 1. The number of pyridine rings is 1. The Balaban J connectivity index is 1.46. The van der Waals surface area contributed by atoms with Crippen LogP contribution in [0.4, 0.5) is 5.69 Å². The van der Waals surface area contributed by atoms with Gasteiger partial charge in [0.2, 0.25) is 0 Å². The Morgan fingerprint density at radius 1 is 1.07 bits per heavy atom. The van der Waals surface area contributed by atoms with E-state index in [4.69, 9.17) is 9.47 Å². The van der Waals surface area contributed by atoms with Gasteiger partial charge in [-0.1, -0.05) is 6.92 Å². The zero-order valence-corrected chi connectivity index (χ0v) is 15.8. The Morgan fingerprint density at radius 3 is 2.61 bits per heavy atom. The minimum Gasteiger partial charge on any atom is -0.486 e. The van der Waals surface area contributed by atoms with Crippen molar-refractivity contribution in [2.24, 2.45) is 5.92 Å². The van der Waals surface area contributed by atoms with Gasteiger partial charge < -0.3 is 19.7 Å². The molecule has 0 aliphatic carbocycles. The molecule has 1 aromatic heterocycles. The van der Waals surface area contributed by atoms with Crippen molar-refractivity contribution >= 4 is 17.5 Å². The molecule has 1 fully saturated rings. The van der Waals surface area contributed by atoms with Gasteiger partial charge in [0.25, 0.3) is 11.8 Å². The molecule has 0 bridgehead atoms. The summed E-state index contributed by atoms with van der Waals surface area (Å²) in [6.45, 7) is 4.66. The maximum atomic E-state index is 12.7. The zero-order valence-electron chi connectivity index (χ0n) is 15.8. The van der Waals surface area contributed by atoms with E-state index in [0.29, 0.717) is 47.6 Å². The molecule has 2 aromatic rings. The molecular weight excluding hydrogens is 358 g/mol. The number of likely N-dealkylation sites (tertiary alicyclic amines) is 1. The van der Waals surface area contributed by atoms with Crippen LogP contribution in [0.3, 0.4) is 0 Å². The van der Waals surface area contributed by atoms with Gasteiger partial charge in [-0.05, 0) is 43.0 Å². The van der Waals surface area contributed by atoms with Crippen molar-refractivity contribution in [1.29, 1.82) is 0 Å². The molecule has 4 rings (SSSR count). The van der Waals surface area contributed by atoms with E-state index < -0.39 is 0 Å². The molecule has 1 aromatic carbocycles. The van der Waals surface area contributed by atoms with Crippen LogP contribution in [-0.2, 0) is 0 Å². The molecule has 3 heterocycles. The molecule has 2 aliphatic rings. The lowest BCUT2D eigenvalue weighted by molar-refractivity contribution is 0.0691. The zero-order chi connectivity index (χ0) is 19.5. The first kappa shape index (κ1) is 18.3. The number of fused-ring (bicyclic) bond motifs is 1. The number of hydrogen-bond acceptors (Lipinski definition) is 5. The minimum atomic E-state index is -0.305. The van der Waals surface area contributed by atoms with Crippen LogP contribution >= 0.6 is 0 Å². The van der Waals surface area contributed by atoms with E-state index in [-0.39, 0.29) is 11.8 Å². The lowest BCUT2D eigenvalue weighted by Gasteiger charge is -2.30. The maximum Gasteiger partial charge on any atom is 0.272 e. The molecule has 146 valence electrons. The van der Waals surface area contributed by atoms with Gasteiger partial charge in [-0.25, -0.2) is 0 Å². The smallest absolute Gasteiger partial charge is 0.272 e. The van der Waals surface area contributed by atoms with Crippen LogP contribution in [0.5, 0.6) is 11.5 Å². The highest BCUT2D eigenvalue weighted by Crippen LogP contribution is 2.32. The van der Waals surface area contributed by atoms with Crippen molar-refractivity contribution in [2.45, 2.75) is 19.8 Å². The number of ether oxygens (including phenoxy) is 2. The molecule has 2 aliphatic heterocycles. The molecule has 0 spiro atoms. The first-order chi connectivity index (χ1) is 13.6. The second kappa shape index (κ2) is 7.88. The predicted octanol–water partition coefficient (Wildman–Crippen LogP) is 2.98. The summed E-state index contributed by atoms with van der Waals surface area (Å²) >= 11 is 0. The molecule has 7 nitrogen and oxygen atoms in total. The van der Waals surface area contributed by atoms with E-state index in [1.807, 2.05) is 4.90 Å². The second-order valence-electron chi connectivity index (χ2n) is 7.22. The van der Waals surface area contributed by atoms with Gasteiger partial charge in [0.15, 0.2) is 11.5 Å². The number of amides is 2. The summed E-state index contributed by atoms with van der Waals surface area (Å²) in [4.78, 5) is 31.3. The normalized spacial score (nSPS) is 16.5. The fraction of sp³-hybridized carbons (Fsp3) is 0.381. The molecule has 0 atom stereocenters. The number of nitrogens with zero attached hydrogens (tertiary/aromatic N) is 2. The van der Waals surface area contributed by atoms with Gasteiger partial charge in [0.1, 0.15) is 18.9 Å². The molecule has 1 saturated heterocycles. The van der Waals surface area contributed by atoms with Gasteiger partial charge in [0.05, 0.1) is 0 Å². The lowest BCUT2D eigenvalue weighted by Crippen LogP contribution is -2.38. The summed E-state index contributed by atoms with van der Waals surface area (Å²) in [7, 11) is 0. The lowest BCUT2D eigenvalue weighted by atomic mass is 9.99. The van der Waals surface area contributed by atoms with Crippen LogP contribution in [0.25, 0.3) is 0 Å². The third-order valence-electron chi connectivity index (χ3n) is 5.11. The number of anilines is 1. The van der Waals surface area contributed by atoms with Crippen molar-refractivity contribution < 1.29 is 19.1 Å². The van der Waals surface area contributed by atoms with Gasteiger partial charge in [-0.15, -0.1) is 0 Å². The number of piperidine rings is 1. The monoisotopic (exact) mass is 381 g/mol. The molecule has 0 unspecified atom stereocenters. The maximum absolute atomic E-state index is 12.7. The highest BCUT2D eigenvalue weighted by atomic mass is 16.6. The highest BCUT2D eigenvalue weighted by Gasteiger charge is 2.23. The van der Waals surface area contributed by atoms with Crippen molar-refractivity contribution in [3.8, 4) is 11.5 Å². The first-order valence-corrected chi connectivity index (χ1v) is 9.56. The van der Waals surface area contributed by atoms with E-state index >= 15 is 0 Å². The third-order valence-corrected chi connectivity index (χ3v) is 5.11. The van der Waals surface area contributed by atoms with Crippen LogP contribution in [0.15, 0.2) is 36.5 Å². The summed E-state index contributed by atoms with van der Waals surface area (Å²) in [6.07, 6.45) is 3.49. The molecule has 1 N–H and O–H groups in total. The Kier molecular flexibility index (Phi) is 5.14. The number of hydrogen-bond donors (Lipinski definition) is 1. The first-order valence-electron chi connectivity index (χ1n) is 9.56. The fourth-order valence-corrected chi connectivity index (χ4v) is 3.39. The summed E-state index contributed by atoms with van der Waals surface area (Å²) in [5.41, 5.74) is 1.28. The Hall–Kier alpha value is -3.09. The summed E-state index contributed by atoms with van der Waals surface area (Å²) < 4.78 is 11.0. The highest BCUT2D eigenvalue weighted by molar-refractivity contribution is 6.05. The SMILES string of the molecule is CC1CCN(C(=O)c2cc(C(=O)Nc3ccc4c(c3)OCCO4)ccn2)CC1. The van der Waals surface area contributed by atoms with Gasteiger partial charge in [0, 0.05) is 36.6 Å². The molecular formula is C21H23N3O4. The largest absolute Gasteiger partial charge is 0.486 e. The Labute approximate surface area is 163 Å². The topological polar surface area (TPSA) is 80.8 Å². The summed E-state index contributed by atoms with van der Waals surface area (Å²) in [5, 5.41) is 2.83. The number of benzene rings is 1. The van der Waals surface area contributed by atoms with E-state index in [9.17, 15) is 9.59 Å². The summed E-state index contributed by atoms with van der Waals surface area (Å²) in [6, 6.07) is 8.40. The van der Waals surface area contributed by atoms with Crippen molar-refractivity contribution in [2.75, 3.05) is 31.6 Å². The molecule has 0 radical (unpaired) electrons. The third kappa shape index (κ3) is 3.93. The number of nitrogens with one attached hydrogen (secondary N) is 1. The van der Waals surface area contributed by atoms with Gasteiger partial charge in [-0.3, -0.25) is 14.6 Å². The number of carbonyl (C=O) groups is 2. The van der Waals surface area contributed by atoms with Crippen LogP contribution in [0.2, 0.25) is 0 Å². The van der Waals surface area contributed by atoms with Crippen LogP contribution in [-0.4, -0.2) is 48.0 Å². The van der Waals surface area contributed by atoms with E-state index in [1.54, 1.807) is 30.3 Å². The van der Waals surface area contributed by atoms with Crippen molar-refractivity contribution in [3.05, 3.63) is 47.8 Å². The molecule has 7 heteroatoms. The standard InChI is InChI=1S/C21H23N3O4/c1-14-5-8-24(9-6-14)21(26)17-12-15(4-7-22-17)20(25)23-16-2-3-18-19(13-16)28-11-10-27-18/h2-4,7,12-14H,5-6,8-11H2,1H3,(H,23,25). The van der Waals surface area contributed by atoms with E-state index in [2.05, 4.69) is 17.2 Å². The van der Waals surface area contributed by atoms with Crippen molar-refractivity contribution in [1.82, 2.24) is 9.88 Å². The summed E-state index contributed by atoms with van der Waals surface area (Å²) in [5.74, 6) is 1.48. The quantitative estimate of drug-likeness (QED) is 0.884. The molecule has 0 saturated carbocycles. The predicted molar refractivity (Wildman–Crippen MR) is 104 cm³/mol. The minimum absolute atomic E-state index is 0.124.